The molecule has 0 aliphatic rings. The van der Waals surface area contributed by atoms with Crippen molar-refractivity contribution in [1.29, 1.82) is 0 Å². The second kappa shape index (κ2) is 6.47. The highest BCUT2D eigenvalue weighted by Gasteiger charge is 2.03. The Morgan fingerprint density at radius 1 is 1.10 bits per heavy atom. The number of ketones is 1. The normalized spacial score (nSPS) is 11.3. The molecule has 2 aromatic rings. The molecule has 0 radical (unpaired) electrons. The van der Waals surface area contributed by atoms with Crippen LogP contribution in [-0.2, 0) is 11.8 Å². The smallest absolute Gasteiger partial charge is 0.241 e. The number of amides is 1. The van der Waals surface area contributed by atoms with Crippen LogP contribution in [0.1, 0.15) is 21.9 Å². The Kier molecular flexibility index (Phi) is 4.46. The van der Waals surface area contributed by atoms with E-state index >= 15 is 0 Å². The number of carbonyl (C=O) groups is 2. The lowest BCUT2D eigenvalue weighted by molar-refractivity contribution is -0.113. The number of hydrogen-bond acceptors (Lipinski definition) is 3. The van der Waals surface area contributed by atoms with Crippen LogP contribution in [0.5, 0.6) is 0 Å². The third-order valence-electron chi connectivity index (χ3n) is 2.94. The zero-order chi connectivity index (χ0) is 15.2. The summed E-state index contributed by atoms with van der Waals surface area (Å²) in [6.45, 7) is 0. The van der Waals surface area contributed by atoms with Crippen molar-refractivity contribution in [3.8, 4) is 0 Å². The SMILES string of the molecule is Cn1c(/C=C/C(N)=O)ccc1/C=C/C(=O)c1ccccn1. The summed E-state index contributed by atoms with van der Waals surface area (Å²) >= 11 is 0. The van der Waals surface area contributed by atoms with Crippen LogP contribution in [-0.4, -0.2) is 21.2 Å². The number of rotatable bonds is 5. The Hall–Kier alpha value is -2.95. The summed E-state index contributed by atoms with van der Waals surface area (Å²) < 4.78 is 1.85. The van der Waals surface area contributed by atoms with Crippen LogP contribution < -0.4 is 5.73 Å². The number of carbonyl (C=O) groups excluding carboxylic acids is 2. The van der Waals surface area contributed by atoms with Crippen molar-refractivity contribution >= 4 is 23.8 Å². The predicted molar refractivity (Wildman–Crippen MR) is 81.2 cm³/mol. The lowest BCUT2D eigenvalue weighted by Crippen LogP contribution is -2.05. The van der Waals surface area contributed by atoms with Gasteiger partial charge in [0.05, 0.1) is 0 Å². The molecule has 0 fully saturated rings. The highest BCUT2D eigenvalue weighted by atomic mass is 16.1. The molecule has 0 saturated heterocycles. The average Bonchev–Trinajstić information content (AvgIpc) is 2.84. The molecule has 0 aromatic carbocycles. The number of aromatic nitrogens is 2. The molecule has 0 unspecified atom stereocenters. The fourth-order valence-electron chi connectivity index (χ4n) is 1.80. The van der Waals surface area contributed by atoms with E-state index in [0.717, 1.165) is 11.4 Å². The van der Waals surface area contributed by atoms with Gasteiger partial charge in [0.1, 0.15) is 5.69 Å². The minimum atomic E-state index is -0.501. The Bertz CT molecular complexity index is 712. The second-order valence-electron chi connectivity index (χ2n) is 4.39. The van der Waals surface area contributed by atoms with Gasteiger partial charge in [-0.05, 0) is 42.5 Å². The molecule has 106 valence electrons. The molecular formula is C16H15N3O2. The van der Waals surface area contributed by atoms with Crippen molar-refractivity contribution < 1.29 is 9.59 Å². The Labute approximate surface area is 122 Å². The molecule has 21 heavy (non-hydrogen) atoms. The molecule has 2 rings (SSSR count). The molecule has 0 spiro atoms. The standard InChI is InChI=1S/C16H15N3O2/c1-19-12(5-6-13(19)8-10-16(17)21)7-9-15(20)14-4-2-3-11-18-14/h2-11H,1H3,(H2,17,21)/b9-7+,10-8+. The molecule has 2 aromatic heterocycles. The van der Waals surface area contributed by atoms with Gasteiger partial charge in [-0.3, -0.25) is 14.6 Å². The lowest BCUT2D eigenvalue weighted by atomic mass is 10.2. The Morgan fingerprint density at radius 2 is 1.76 bits per heavy atom. The van der Waals surface area contributed by atoms with Crippen molar-refractivity contribution in [3.63, 3.8) is 0 Å². The molecule has 0 saturated carbocycles. The van der Waals surface area contributed by atoms with Gasteiger partial charge >= 0.3 is 0 Å². The van der Waals surface area contributed by atoms with Crippen molar-refractivity contribution in [2.24, 2.45) is 12.8 Å². The molecule has 0 aliphatic carbocycles. The van der Waals surface area contributed by atoms with Gasteiger partial charge in [0.2, 0.25) is 11.7 Å². The fourth-order valence-corrected chi connectivity index (χ4v) is 1.80. The lowest BCUT2D eigenvalue weighted by Gasteiger charge is -2.00. The van der Waals surface area contributed by atoms with E-state index in [1.54, 1.807) is 36.5 Å². The monoisotopic (exact) mass is 281 g/mol. The molecule has 0 bridgehead atoms. The van der Waals surface area contributed by atoms with Crippen LogP contribution in [0, 0.1) is 0 Å². The zero-order valence-electron chi connectivity index (χ0n) is 11.6. The maximum atomic E-state index is 11.9. The van der Waals surface area contributed by atoms with E-state index in [9.17, 15) is 9.59 Å². The van der Waals surface area contributed by atoms with Gasteiger partial charge in [0, 0.05) is 30.7 Å². The van der Waals surface area contributed by atoms with E-state index in [1.165, 1.54) is 12.2 Å². The number of allylic oxidation sites excluding steroid dienone is 1. The van der Waals surface area contributed by atoms with Crippen molar-refractivity contribution in [3.05, 3.63) is 65.8 Å². The number of nitrogens with two attached hydrogens (primary N) is 1. The molecule has 0 atom stereocenters. The van der Waals surface area contributed by atoms with Gasteiger partial charge in [-0.25, -0.2) is 0 Å². The minimum absolute atomic E-state index is 0.161. The summed E-state index contributed by atoms with van der Waals surface area (Å²) in [4.78, 5) is 26.6. The molecule has 2 heterocycles. The first kappa shape index (κ1) is 14.5. The van der Waals surface area contributed by atoms with E-state index in [2.05, 4.69) is 4.98 Å². The van der Waals surface area contributed by atoms with Gasteiger partial charge in [-0.1, -0.05) is 6.07 Å². The van der Waals surface area contributed by atoms with Crippen LogP contribution >= 0.6 is 0 Å². The van der Waals surface area contributed by atoms with E-state index in [1.807, 2.05) is 23.7 Å². The Balaban J connectivity index is 2.15. The first-order valence-electron chi connectivity index (χ1n) is 6.34. The number of nitrogens with zero attached hydrogens (tertiary/aromatic N) is 2. The molecule has 2 N–H and O–H groups in total. The highest BCUT2D eigenvalue weighted by molar-refractivity contribution is 6.05. The van der Waals surface area contributed by atoms with Crippen LogP contribution in [0.3, 0.4) is 0 Å². The number of pyridine rings is 1. The maximum absolute atomic E-state index is 11.9. The number of hydrogen-bond donors (Lipinski definition) is 1. The van der Waals surface area contributed by atoms with Crippen LogP contribution in [0.25, 0.3) is 12.2 Å². The first-order valence-corrected chi connectivity index (χ1v) is 6.34. The second-order valence-corrected chi connectivity index (χ2v) is 4.39. The summed E-state index contributed by atoms with van der Waals surface area (Å²) in [5.74, 6) is -0.662. The first-order chi connectivity index (χ1) is 10.1. The maximum Gasteiger partial charge on any atom is 0.241 e. The summed E-state index contributed by atoms with van der Waals surface area (Å²) in [6.07, 6.45) is 7.68. The van der Waals surface area contributed by atoms with Gasteiger partial charge in [0.15, 0.2) is 0 Å². The quantitative estimate of drug-likeness (QED) is 0.670. The topological polar surface area (TPSA) is 78.0 Å². The molecular weight excluding hydrogens is 266 g/mol. The summed E-state index contributed by atoms with van der Waals surface area (Å²) in [5.41, 5.74) is 7.11. The summed E-state index contributed by atoms with van der Waals surface area (Å²) in [7, 11) is 1.84. The van der Waals surface area contributed by atoms with Crippen molar-refractivity contribution in [2.75, 3.05) is 0 Å². The highest BCUT2D eigenvalue weighted by Crippen LogP contribution is 2.11. The molecule has 1 amide bonds. The van der Waals surface area contributed by atoms with E-state index in [-0.39, 0.29) is 5.78 Å². The third-order valence-corrected chi connectivity index (χ3v) is 2.94. The van der Waals surface area contributed by atoms with Crippen molar-refractivity contribution in [2.45, 2.75) is 0 Å². The van der Waals surface area contributed by atoms with E-state index in [4.69, 9.17) is 5.73 Å². The summed E-state index contributed by atoms with van der Waals surface area (Å²) in [5, 5.41) is 0. The number of primary amides is 1. The molecule has 0 aliphatic heterocycles. The van der Waals surface area contributed by atoms with Gasteiger partial charge in [-0.15, -0.1) is 0 Å². The third kappa shape index (κ3) is 3.76. The largest absolute Gasteiger partial charge is 0.366 e. The van der Waals surface area contributed by atoms with Crippen LogP contribution in [0.4, 0.5) is 0 Å². The zero-order valence-corrected chi connectivity index (χ0v) is 11.6. The van der Waals surface area contributed by atoms with Gasteiger partial charge < -0.3 is 10.3 Å². The molecule has 5 heteroatoms. The van der Waals surface area contributed by atoms with Crippen LogP contribution in [0.2, 0.25) is 0 Å². The van der Waals surface area contributed by atoms with Crippen LogP contribution in [0.15, 0.2) is 48.7 Å². The minimum Gasteiger partial charge on any atom is -0.366 e. The van der Waals surface area contributed by atoms with Crippen molar-refractivity contribution in [1.82, 2.24) is 9.55 Å². The summed E-state index contributed by atoms with van der Waals surface area (Å²) in [6, 6.07) is 8.88. The average molecular weight is 281 g/mol. The molecule has 5 nitrogen and oxygen atoms in total. The van der Waals surface area contributed by atoms with Gasteiger partial charge in [0.25, 0.3) is 0 Å². The van der Waals surface area contributed by atoms with E-state index < -0.39 is 5.91 Å². The van der Waals surface area contributed by atoms with E-state index in [0.29, 0.717) is 5.69 Å². The Morgan fingerprint density at radius 3 is 2.33 bits per heavy atom. The van der Waals surface area contributed by atoms with Gasteiger partial charge in [-0.2, -0.15) is 0 Å². The fraction of sp³-hybridized carbons (Fsp3) is 0.0625. The predicted octanol–water partition coefficient (Wildman–Crippen LogP) is 1.81.